The minimum Gasteiger partial charge on any atom is -0.305 e. The van der Waals surface area contributed by atoms with E-state index < -0.39 is 13.2 Å². The highest BCUT2D eigenvalue weighted by Gasteiger charge is 2.40. The van der Waals surface area contributed by atoms with Crippen molar-refractivity contribution in [1.29, 1.82) is 0 Å². The van der Waals surface area contributed by atoms with E-state index in [1.807, 2.05) is 0 Å². The average molecular weight is 160 g/mol. The molecule has 2 unspecified atom stereocenters. The first kappa shape index (κ1) is 7.81. The number of hydrogen-bond donors (Lipinski definition) is 0. The van der Waals surface area contributed by atoms with Gasteiger partial charge in [0.05, 0.1) is 6.61 Å². The number of hydrogen-bond acceptors (Lipinski definition) is 3. The van der Waals surface area contributed by atoms with E-state index >= 15 is 0 Å². The third-order valence-corrected chi connectivity index (χ3v) is 2.58. The Kier molecular flexibility index (Phi) is 1.64. The monoisotopic (exact) mass is 160 g/mol. The zero-order valence-electron chi connectivity index (χ0n) is 5.96. The van der Waals surface area contributed by atoms with E-state index in [1.165, 1.54) is 6.66 Å². The molecule has 0 bridgehead atoms. The van der Waals surface area contributed by atoms with Gasteiger partial charge in [-0.2, -0.15) is 0 Å². The molecule has 1 aliphatic rings. The lowest BCUT2D eigenvalue weighted by Gasteiger charge is -2.11. The SMILES string of the molecule is C#CC1(C)COP(C)(=O)O1. The second kappa shape index (κ2) is 2.10. The Hall–Kier alpha value is -0.290. The van der Waals surface area contributed by atoms with Gasteiger partial charge in [-0.05, 0) is 6.92 Å². The van der Waals surface area contributed by atoms with Crippen LogP contribution in [0.3, 0.4) is 0 Å². The van der Waals surface area contributed by atoms with Gasteiger partial charge in [0.2, 0.25) is 0 Å². The van der Waals surface area contributed by atoms with Crippen LogP contribution in [0, 0.1) is 12.3 Å². The smallest absolute Gasteiger partial charge is 0.305 e. The van der Waals surface area contributed by atoms with Gasteiger partial charge in [0.25, 0.3) is 0 Å². The first-order valence-corrected chi connectivity index (χ1v) is 4.87. The Labute approximate surface area is 60.2 Å². The van der Waals surface area contributed by atoms with Crippen LogP contribution in [-0.4, -0.2) is 18.9 Å². The van der Waals surface area contributed by atoms with E-state index in [1.54, 1.807) is 6.92 Å². The molecule has 10 heavy (non-hydrogen) atoms. The van der Waals surface area contributed by atoms with Gasteiger partial charge in [-0.1, -0.05) is 5.92 Å². The van der Waals surface area contributed by atoms with E-state index in [0.29, 0.717) is 0 Å². The van der Waals surface area contributed by atoms with E-state index in [9.17, 15) is 4.57 Å². The van der Waals surface area contributed by atoms with Gasteiger partial charge in [0.15, 0.2) is 5.60 Å². The van der Waals surface area contributed by atoms with E-state index in [4.69, 9.17) is 15.5 Å². The van der Waals surface area contributed by atoms with Gasteiger partial charge in [0.1, 0.15) is 0 Å². The van der Waals surface area contributed by atoms with Gasteiger partial charge in [-0.3, -0.25) is 9.09 Å². The lowest BCUT2D eigenvalue weighted by molar-refractivity contribution is 0.182. The third kappa shape index (κ3) is 1.41. The second-order valence-corrected chi connectivity index (χ2v) is 4.49. The Bertz CT molecular complexity index is 230. The Morgan fingerprint density at radius 3 is 2.60 bits per heavy atom. The zero-order valence-corrected chi connectivity index (χ0v) is 6.85. The van der Waals surface area contributed by atoms with Crippen molar-refractivity contribution in [1.82, 2.24) is 0 Å². The molecule has 0 spiro atoms. The molecule has 1 saturated heterocycles. The van der Waals surface area contributed by atoms with Crippen LogP contribution in [-0.2, 0) is 13.6 Å². The van der Waals surface area contributed by atoms with Crippen molar-refractivity contribution in [2.75, 3.05) is 13.3 Å². The van der Waals surface area contributed by atoms with Gasteiger partial charge in [0, 0.05) is 6.66 Å². The van der Waals surface area contributed by atoms with Crippen molar-refractivity contribution >= 4 is 7.60 Å². The lowest BCUT2D eigenvalue weighted by Crippen LogP contribution is -2.23. The summed E-state index contributed by atoms with van der Waals surface area (Å²) in [5.74, 6) is 2.38. The van der Waals surface area contributed by atoms with E-state index in [2.05, 4.69) is 5.92 Å². The molecule has 0 amide bonds. The summed E-state index contributed by atoms with van der Waals surface area (Å²) in [4.78, 5) is 0. The van der Waals surface area contributed by atoms with Crippen LogP contribution in [0.4, 0.5) is 0 Å². The minimum atomic E-state index is -2.82. The normalized spacial score (nSPS) is 46.9. The molecular formula is C6H9O3P. The molecule has 2 atom stereocenters. The Balaban J connectivity index is 2.79. The van der Waals surface area contributed by atoms with Crippen molar-refractivity contribution in [2.24, 2.45) is 0 Å². The molecule has 3 nitrogen and oxygen atoms in total. The van der Waals surface area contributed by atoms with Crippen LogP contribution in [0.1, 0.15) is 6.92 Å². The molecule has 0 aromatic rings. The largest absolute Gasteiger partial charge is 0.329 e. The zero-order chi connectivity index (χ0) is 7.83. The molecule has 1 rings (SSSR count). The second-order valence-electron chi connectivity index (χ2n) is 2.51. The standard InChI is InChI=1S/C6H9O3P/c1-4-6(2)5-8-10(3,7)9-6/h1H,5H2,2-3H3. The summed E-state index contributed by atoms with van der Waals surface area (Å²) in [5.41, 5.74) is -0.787. The Morgan fingerprint density at radius 2 is 2.40 bits per heavy atom. The van der Waals surface area contributed by atoms with Gasteiger partial charge < -0.3 is 4.52 Å². The minimum absolute atomic E-state index is 0.220. The van der Waals surface area contributed by atoms with Crippen LogP contribution in [0.25, 0.3) is 0 Å². The fourth-order valence-corrected chi connectivity index (χ4v) is 2.10. The molecule has 0 radical (unpaired) electrons. The molecule has 1 fully saturated rings. The predicted molar refractivity (Wildman–Crippen MR) is 37.8 cm³/mol. The third-order valence-electron chi connectivity index (χ3n) is 1.25. The van der Waals surface area contributed by atoms with Crippen LogP contribution in [0.5, 0.6) is 0 Å². The highest BCUT2D eigenvalue weighted by atomic mass is 31.2. The summed E-state index contributed by atoms with van der Waals surface area (Å²) < 4.78 is 20.9. The quantitative estimate of drug-likeness (QED) is 0.395. The highest BCUT2D eigenvalue weighted by molar-refractivity contribution is 7.53. The van der Waals surface area contributed by atoms with Gasteiger partial charge >= 0.3 is 7.60 Å². The maximum atomic E-state index is 11.0. The molecule has 56 valence electrons. The van der Waals surface area contributed by atoms with Crippen molar-refractivity contribution in [3.05, 3.63) is 0 Å². The van der Waals surface area contributed by atoms with Crippen LogP contribution < -0.4 is 0 Å². The van der Waals surface area contributed by atoms with Gasteiger partial charge in [-0.25, -0.2) is 0 Å². The molecule has 0 aliphatic carbocycles. The van der Waals surface area contributed by atoms with E-state index in [-0.39, 0.29) is 6.61 Å². The van der Waals surface area contributed by atoms with Crippen molar-refractivity contribution in [3.63, 3.8) is 0 Å². The maximum absolute atomic E-state index is 11.0. The average Bonchev–Trinajstić information content (AvgIpc) is 2.08. The summed E-state index contributed by atoms with van der Waals surface area (Å²) in [6, 6.07) is 0. The van der Waals surface area contributed by atoms with Crippen LogP contribution >= 0.6 is 7.60 Å². The Morgan fingerprint density at radius 1 is 1.80 bits per heavy atom. The van der Waals surface area contributed by atoms with Gasteiger partial charge in [-0.15, -0.1) is 6.42 Å². The summed E-state index contributed by atoms with van der Waals surface area (Å²) >= 11 is 0. The number of rotatable bonds is 0. The van der Waals surface area contributed by atoms with Crippen molar-refractivity contribution in [2.45, 2.75) is 12.5 Å². The molecule has 0 N–H and O–H groups in total. The highest BCUT2D eigenvalue weighted by Crippen LogP contribution is 2.53. The van der Waals surface area contributed by atoms with Crippen LogP contribution in [0.2, 0.25) is 0 Å². The summed E-state index contributed by atoms with van der Waals surface area (Å²) in [5, 5.41) is 0. The molecule has 0 aromatic carbocycles. The molecule has 1 aliphatic heterocycles. The van der Waals surface area contributed by atoms with Crippen molar-refractivity contribution in [3.8, 4) is 12.3 Å². The lowest BCUT2D eigenvalue weighted by atomic mass is 10.1. The maximum Gasteiger partial charge on any atom is 0.329 e. The fraction of sp³-hybridized carbons (Fsp3) is 0.667. The molecule has 4 heteroatoms. The fourth-order valence-electron chi connectivity index (χ4n) is 0.727. The molecule has 0 saturated carbocycles. The first-order valence-electron chi connectivity index (χ1n) is 2.88. The topological polar surface area (TPSA) is 35.5 Å². The van der Waals surface area contributed by atoms with Crippen molar-refractivity contribution < 1.29 is 13.6 Å². The molecular weight excluding hydrogens is 151 g/mol. The molecule has 1 heterocycles. The summed E-state index contributed by atoms with van der Waals surface area (Å²) in [7, 11) is -2.82. The number of terminal acetylenes is 1. The molecule has 0 aromatic heterocycles. The summed E-state index contributed by atoms with van der Waals surface area (Å²) in [6.45, 7) is 3.31. The predicted octanol–water partition coefficient (Wildman–Crippen LogP) is 1.25. The summed E-state index contributed by atoms with van der Waals surface area (Å²) in [6.07, 6.45) is 5.11. The van der Waals surface area contributed by atoms with E-state index in [0.717, 1.165) is 0 Å². The first-order chi connectivity index (χ1) is 4.47. The van der Waals surface area contributed by atoms with Crippen LogP contribution in [0.15, 0.2) is 0 Å².